The van der Waals surface area contributed by atoms with E-state index in [0.717, 1.165) is 0 Å². The minimum absolute atomic E-state index is 0.0939. The highest BCUT2D eigenvalue weighted by atomic mass is 16.7. The van der Waals surface area contributed by atoms with Crippen molar-refractivity contribution in [3.05, 3.63) is 58.6 Å². The van der Waals surface area contributed by atoms with E-state index < -0.39 is 17.9 Å². The Morgan fingerprint density at radius 3 is 2.04 bits per heavy atom. The molecule has 2 aromatic rings. The quantitative estimate of drug-likeness (QED) is 0.455. The SMILES string of the molecule is [2H]C1([2H])N(c2ccc(OCOC)cc2)CCN(c2ccc([N+](=O)[O-])cc2)C1([2H])[2H]. The molecule has 0 unspecified atom stereocenters. The summed E-state index contributed by atoms with van der Waals surface area (Å²) in [6.07, 6.45) is 0. The molecule has 0 N–H and O–H groups in total. The van der Waals surface area contributed by atoms with Gasteiger partial charge in [-0.1, -0.05) is 0 Å². The first kappa shape index (κ1) is 12.5. The number of non-ortho nitro benzene ring substituents is 1. The van der Waals surface area contributed by atoms with Gasteiger partial charge in [0, 0.05) is 56.7 Å². The molecule has 1 fully saturated rings. The fourth-order valence-corrected chi connectivity index (χ4v) is 2.42. The smallest absolute Gasteiger partial charge is 0.269 e. The van der Waals surface area contributed by atoms with Gasteiger partial charge in [-0.3, -0.25) is 10.1 Å². The molecular weight excluding hydrogens is 322 g/mol. The van der Waals surface area contributed by atoms with E-state index in [9.17, 15) is 10.1 Å². The average molecular weight is 347 g/mol. The van der Waals surface area contributed by atoms with E-state index in [-0.39, 0.29) is 25.6 Å². The second-order valence-corrected chi connectivity index (χ2v) is 5.35. The molecule has 0 spiro atoms. The summed E-state index contributed by atoms with van der Waals surface area (Å²) in [7, 11) is 1.51. The Bertz CT molecular complexity index is 862. The van der Waals surface area contributed by atoms with Gasteiger partial charge >= 0.3 is 0 Å². The summed E-state index contributed by atoms with van der Waals surface area (Å²) >= 11 is 0. The van der Waals surface area contributed by atoms with Gasteiger partial charge in [-0.25, -0.2) is 0 Å². The molecule has 3 rings (SSSR count). The van der Waals surface area contributed by atoms with Crippen LogP contribution in [0.15, 0.2) is 48.5 Å². The second kappa shape index (κ2) is 7.85. The van der Waals surface area contributed by atoms with Crippen LogP contribution in [-0.2, 0) is 4.74 Å². The minimum atomic E-state index is -2.38. The predicted octanol–water partition coefficient (Wildman–Crippen LogP) is 2.90. The molecule has 0 atom stereocenters. The van der Waals surface area contributed by atoms with Gasteiger partial charge in [0.05, 0.1) is 10.4 Å². The van der Waals surface area contributed by atoms with Crippen LogP contribution >= 0.6 is 0 Å². The molecular formula is C18H21N3O4. The van der Waals surface area contributed by atoms with Gasteiger partial charge in [0.15, 0.2) is 6.79 Å². The number of hydrogen-bond acceptors (Lipinski definition) is 6. The zero-order valence-electron chi connectivity index (χ0n) is 17.7. The molecule has 0 radical (unpaired) electrons. The van der Waals surface area contributed by atoms with E-state index in [1.54, 1.807) is 24.3 Å². The van der Waals surface area contributed by atoms with Crippen molar-refractivity contribution in [3.8, 4) is 5.75 Å². The summed E-state index contributed by atoms with van der Waals surface area (Å²) in [5.74, 6) is 0.559. The van der Waals surface area contributed by atoms with E-state index in [1.165, 1.54) is 41.2 Å². The van der Waals surface area contributed by atoms with E-state index in [0.29, 0.717) is 17.1 Å². The van der Waals surface area contributed by atoms with Crippen LogP contribution < -0.4 is 14.5 Å². The van der Waals surface area contributed by atoms with Crippen molar-refractivity contribution in [1.82, 2.24) is 0 Å². The largest absolute Gasteiger partial charge is 0.468 e. The molecule has 2 aromatic carbocycles. The molecule has 0 amide bonds. The summed E-state index contributed by atoms with van der Waals surface area (Å²) in [6.45, 7) is -4.22. The van der Waals surface area contributed by atoms with E-state index in [2.05, 4.69) is 0 Å². The van der Waals surface area contributed by atoms with Crippen molar-refractivity contribution in [2.24, 2.45) is 0 Å². The zero-order chi connectivity index (χ0) is 21.2. The van der Waals surface area contributed by atoms with Crippen LogP contribution in [0.3, 0.4) is 0 Å². The first-order valence-corrected chi connectivity index (χ1v) is 7.70. The van der Waals surface area contributed by atoms with Gasteiger partial charge in [0.25, 0.3) is 5.69 Å². The normalized spacial score (nSPS) is 20.8. The average Bonchev–Trinajstić information content (AvgIpc) is 2.69. The van der Waals surface area contributed by atoms with Gasteiger partial charge < -0.3 is 19.3 Å². The van der Waals surface area contributed by atoms with Crippen LogP contribution in [0.25, 0.3) is 0 Å². The molecule has 1 aliphatic rings. The zero-order valence-corrected chi connectivity index (χ0v) is 13.7. The highest BCUT2D eigenvalue weighted by Gasteiger charge is 2.18. The Balaban J connectivity index is 1.84. The van der Waals surface area contributed by atoms with Gasteiger partial charge in [0.2, 0.25) is 0 Å². The number of piperazine rings is 1. The maximum Gasteiger partial charge on any atom is 0.269 e. The van der Waals surface area contributed by atoms with Crippen LogP contribution in [0.4, 0.5) is 17.1 Å². The molecule has 7 heteroatoms. The molecule has 0 aliphatic carbocycles. The van der Waals surface area contributed by atoms with Gasteiger partial charge in [-0.2, -0.15) is 0 Å². The molecule has 132 valence electrons. The van der Waals surface area contributed by atoms with Crippen molar-refractivity contribution in [2.45, 2.75) is 0 Å². The van der Waals surface area contributed by atoms with Crippen molar-refractivity contribution in [1.29, 1.82) is 0 Å². The lowest BCUT2D eigenvalue weighted by Crippen LogP contribution is -2.46. The number of ether oxygens (including phenoxy) is 2. The van der Waals surface area contributed by atoms with Crippen LogP contribution in [0.1, 0.15) is 5.48 Å². The topological polar surface area (TPSA) is 68.1 Å². The number of nitrogens with zero attached hydrogens (tertiary/aromatic N) is 3. The van der Waals surface area contributed by atoms with Crippen molar-refractivity contribution in [2.75, 3.05) is 49.8 Å². The number of nitro benzene ring substituents is 1. The Hall–Kier alpha value is -2.80. The predicted molar refractivity (Wildman–Crippen MR) is 96.5 cm³/mol. The molecule has 1 aliphatic heterocycles. The van der Waals surface area contributed by atoms with Crippen LogP contribution in [0, 0.1) is 10.1 Å². The number of rotatable bonds is 6. The third-order valence-electron chi connectivity index (χ3n) is 3.73. The Kier molecular flexibility index (Phi) is 3.94. The number of anilines is 2. The molecule has 0 aromatic heterocycles. The van der Waals surface area contributed by atoms with Crippen molar-refractivity contribution < 1.29 is 19.9 Å². The molecule has 1 saturated heterocycles. The van der Waals surface area contributed by atoms with E-state index in [4.69, 9.17) is 15.0 Å². The Morgan fingerprint density at radius 1 is 1.04 bits per heavy atom. The van der Waals surface area contributed by atoms with Crippen LogP contribution in [0.2, 0.25) is 0 Å². The minimum Gasteiger partial charge on any atom is -0.468 e. The number of benzene rings is 2. The molecule has 0 saturated carbocycles. The van der Waals surface area contributed by atoms with Crippen molar-refractivity contribution in [3.63, 3.8) is 0 Å². The van der Waals surface area contributed by atoms with Gasteiger partial charge in [0.1, 0.15) is 5.75 Å². The fraction of sp³-hybridized carbons (Fsp3) is 0.333. The highest BCUT2D eigenvalue weighted by Crippen LogP contribution is 2.24. The maximum absolute atomic E-state index is 10.8. The summed E-state index contributed by atoms with van der Waals surface area (Å²) in [5.41, 5.74) is 0.797. The van der Waals surface area contributed by atoms with Crippen LogP contribution in [0.5, 0.6) is 5.75 Å². The van der Waals surface area contributed by atoms with Crippen LogP contribution in [-0.4, -0.2) is 44.9 Å². The molecule has 7 nitrogen and oxygen atoms in total. The second-order valence-electron chi connectivity index (χ2n) is 5.35. The third-order valence-corrected chi connectivity index (χ3v) is 3.73. The van der Waals surface area contributed by atoms with Gasteiger partial charge in [-0.05, 0) is 36.4 Å². The number of hydrogen-bond donors (Lipinski definition) is 0. The maximum atomic E-state index is 10.8. The number of methoxy groups -OCH3 is 1. The lowest BCUT2D eigenvalue weighted by Gasteiger charge is -2.37. The lowest BCUT2D eigenvalue weighted by molar-refractivity contribution is -0.384. The summed E-state index contributed by atoms with van der Waals surface area (Å²) in [5, 5.41) is 10.8. The standard InChI is InChI=1S/C18H21N3O4/c1-24-14-25-18-8-6-16(7-9-18)20-12-10-19(11-13-20)15-2-4-17(5-3-15)21(22)23/h2-9H,10-14H2,1H3/i10D2,12D2. The van der Waals surface area contributed by atoms with Crippen molar-refractivity contribution >= 4 is 17.1 Å². The third kappa shape index (κ3) is 4.19. The molecule has 1 heterocycles. The Labute approximate surface area is 152 Å². The van der Waals surface area contributed by atoms with Gasteiger partial charge in [-0.15, -0.1) is 0 Å². The highest BCUT2D eigenvalue weighted by molar-refractivity contribution is 5.54. The summed E-state index contributed by atoms with van der Waals surface area (Å²) in [4.78, 5) is 13.0. The fourth-order valence-electron chi connectivity index (χ4n) is 2.42. The summed E-state index contributed by atoms with van der Waals surface area (Å²) in [6, 6.07) is 12.1. The number of nitro groups is 1. The first-order chi connectivity index (χ1) is 13.7. The molecule has 25 heavy (non-hydrogen) atoms. The monoisotopic (exact) mass is 347 g/mol. The lowest BCUT2D eigenvalue weighted by atomic mass is 10.2. The van der Waals surface area contributed by atoms with E-state index in [1.807, 2.05) is 0 Å². The molecule has 0 bridgehead atoms. The Morgan fingerprint density at radius 2 is 1.56 bits per heavy atom. The van der Waals surface area contributed by atoms with E-state index >= 15 is 0 Å². The first-order valence-electron chi connectivity index (χ1n) is 9.70. The summed E-state index contributed by atoms with van der Waals surface area (Å²) < 4.78 is 44.1.